The summed E-state index contributed by atoms with van der Waals surface area (Å²) in [6.07, 6.45) is 0.596. The molecule has 0 radical (unpaired) electrons. The number of hydrogen-bond donors (Lipinski definition) is 1. The fraction of sp³-hybridized carbons (Fsp3) is 0.333. The van der Waals surface area contributed by atoms with Crippen LogP contribution < -0.4 is 14.8 Å². The van der Waals surface area contributed by atoms with Gasteiger partial charge in [-0.05, 0) is 37.2 Å². The molecule has 0 saturated heterocycles. The van der Waals surface area contributed by atoms with Crippen LogP contribution in [-0.2, 0) is 6.42 Å². The molecule has 2 rings (SSSR count). The van der Waals surface area contributed by atoms with Crippen LogP contribution in [0, 0.1) is 5.82 Å². The molecule has 0 aliphatic heterocycles. The van der Waals surface area contributed by atoms with Crippen molar-refractivity contribution >= 4 is 0 Å². The van der Waals surface area contributed by atoms with Gasteiger partial charge in [-0.25, -0.2) is 4.39 Å². The van der Waals surface area contributed by atoms with Crippen LogP contribution in [0.3, 0.4) is 0 Å². The average Bonchev–Trinajstić information content (AvgIpc) is 2.53. The molecule has 1 heterocycles. The maximum atomic E-state index is 13.7. The summed E-state index contributed by atoms with van der Waals surface area (Å²) in [4.78, 5) is 0. The molecule has 21 heavy (non-hydrogen) atoms. The Balaban J connectivity index is 2.16. The van der Waals surface area contributed by atoms with Crippen molar-refractivity contribution in [1.29, 1.82) is 0 Å². The van der Waals surface area contributed by atoms with Crippen molar-refractivity contribution in [3.05, 3.63) is 47.4 Å². The molecule has 112 valence electrons. The largest absolute Gasteiger partial charge is 0.494 e. The second-order valence-electron chi connectivity index (χ2n) is 4.51. The molecular formula is C15H18FN3O2. The predicted molar refractivity (Wildman–Crippen MR) is 77.0 cm³/mol. The maximum Gasteiger partial charge on any atom is 0.233 e. The number of benzene rings is 1. The Labute approximate surface area is 123 Å². The van der Waals surface area contributed by atoms with Gasteiger partial charge in [-0.15, -0.1) is 5.10 Å². The highest BCUT2D eigenvalue weighted by atomic mass is 19.1. The van der Waals surface area contributed by atoms with E-state index in [4.69, 9.17) is 9.47 Å². The second-order valence-corrected chi connectivity index (χ2v) is 4.51. The van der Waals surface area contributed by atoms with Crippen LogP contribution in [-0.4, -0.2) is 31.5 Å². The van der Waals surface area contributed by atoms with Gasteiger partial charge in [0.2, 0.25) is 5.88 Å². The lowest BCUT2D eigenvalue weighted by molar-refractivity contribution is 0.385. The molecule has 2 aromatic rings. The Morgan fingerprint density at radius 2 is 1.95 bits per heavy atom. The van der Waals surface area contributed by atoms with Crippen molar-refractivity contribution in [1.82, 2.24) is 15.5 Å². The van der Waals surface area contributed by atoms with E-state index < -0.39 is 0 Å². The molecule has 0 aliphatic carbocycles. The molecule has 1 N–H and O–H groups in total. The zero-order valence-corrected chi connectivity index (χ0v) is 12.3. The molecule has 0 bridgehead atoms. The highest BCUT2D eigenvalue weighted by molar-refractivity contribution is 5.30. The summed E-state index contributed by atoms with van der Waals surface area (Å²) in [7, 11) is 4.82. The van der Waals surface area contributed by atoms with Gasteiger partial charge in [0.25, 0.3) is 0 Å². The number of nitrogens with one attached hydrogen (secondary N) is 1. The van der Waals surface area contributed by atoms with Crippen molar-refractivity contribution in [2.45, 2.75) is 12.5 Å². The summed E-state index contributed by atoms with van der Waals surface area (Å²) in [6, 6.07) is 8.46. The summed E-state index contributed by atoms with van der Waals surface area (Å²) in [5.74, 6) is 0.332. The molecule has 1 atom stereocenters. The normalized spacial score (nSPS) is 12.0. The summed E-state index contributed by atoms with van der Waals surface area (Å²) >= 11 is 0. The molecular weight excluding hydrogens is 273 g/mol. The number of aromatic nitrogens is 2. The van der Waals surface area contributed by atoms with Crippen LogP contribution in [0.1, 0.15) is 17.3 Å². The van der Waals surface area contributed by atoms with E-state index in [1.54, 1.807) is 19.2 Å². The lowest BCUT2D eigenvalue weighted by Crippen LogP contribution is -2.20. The minimum absolute atomic E-state index is 0.0591. The van der Waals surface area contributed by atoms with Crippen LogP contribution in [0.2, 0.25) is 0 Å². The molecule has 1 aromatic heterocycles. The number of methoxy groups -OCH3 is 2. The van der Waals surface area contributed by atoms with Crippen molar-refractivity contribution in [3.63, 3.8) is 0 Å². The fourth-order valence-corrected chi connectivity index (χ4v) is 2.05. The lowest BCUT2D eigenvalue weighted by atomic mass is 10.0. The Morgan fingerprint density at radius 1 is 1.14 bits per heavy atom. The molecule has 0 amide bonds. The number of hydrogen-bond acceptors (Lipinski definition) is 5. The average molecular weight is 291 g/mol. The van der Waals surface area contributed by atoms with Crippen LogP contribution in [0.4, 0.5) is 4.39 Å². The van der Waals surface area contributed by atoms with Gasteiger partial charge in [-0.2, -0.15) is 5.10 Å². The quantitative estimate of drug-likeness (QED) is 0.883. The molecule has 0 fully saturated rings. The summed E-state index contributed by atoms with van der Waals surface area (Å²) < 4.78 is 23.6. The van der Waals surface area contributed by atoms with Gasteiger partial charge in [0.05, 0.1) is 26.0 Å². The standard InChI is InChI=1S/C15H18FN3O2/c1-17-13(12-5-7-15(21-3)19-18-12)9-10-4-6-14(20-2)11(16)8-10/h4-8,13,17H,9H2,1-3H3. The first-order chi connectivity index (χ1) is 10.2. The van der Waals surface area contributed by atoms with Crippen molar-refractivity contribution in [2.75, 3.05) is 21.3 Å². The summed E-state index contributed by atoms with van der Waals surface area (Å²) in [5, 5.41) is 11.2. The number of halogens is 1. The Hall–Kier alpha value is -2.21. The van der Waals surface area contributed by atoms with E-state index in [2.05, 4.69) is 15.5 Å². The van der Waals surface area contributed by atoms with Crippen molar-refractivity contribution in [2.24, 2.45) is 0 Å². The second kappa shape index (κ2) is 6.99. The molecule has 1 unspecified atom stereocenters. The Kier molecular flexibility index (Phi) is 5.05. The number of rotatable bonds is 6. The Bertz CT molecular complexity index is 590. The monoisotopic (exact) mass is 291 g/mol. The smallest absolute Gasteiger partial charge is 0.233 e. The first kappa shape index (κ1) is 15.2. The van der Waals surface area contributed by atoms with Crippen LogP contribution >= 0.6 is 0 Å². The van der Waals surface area contributed by atoms with Crippen LogP contribution in [0.25, 0.3) is 0 Å². The third kappa shape index (κ3) is 3.66. The molecule has 0 aliphatic rings. The molecule has 0 spiro atoms. The number of nitrogens with zero attached hydrogens (tertiary/aromatic N) is 2. The van der Waals surface area contributed by atoms with Crippen LogP contribution in [0.5, 0.6) is 11.6 Å². The van der Waals surface area contributed by atoms with E-state index in [-0.39, 0.29) is 17.6 Å². The summed E-state index contributed by atoms with van der Waals surface area (Å²) in [6.45, 7) is 0. The zero-order valence-electron chi connectivity index (χ0n) is 12.3. The highest BCUT2D eigenvalue weighted by Gasteiger charge is 2.14. The van der Waals surface area contributed by atoms with E-state index in [9.17, 15) is 4.39 Å². The van der Waals surface area contributed by atoms with Crippen LogP contribution in [0.15, 0.2) is 30.3 Å². The minimum atomic E-state index is -0.370. The SMILES string of the molecule is CNC(Cc1ccc(OC)c(F)c1)c1ccc(OC)nn1. The van der Waals surface area contributed by atoms with Gasteiger partial charge in [0.1, 0.15) is 0 Å². The number of likely N-dealkylation sites (N-methyl/N-ethyl adjacent to an activating group) is 1. The minimum Gasteiger partial charge on any atom is -0.494 e. The van der Waals surface area contributed by atoms with Crippen molar-refractivity contribution < 1.29 is 13.9 Å². The lowest BCUT2D eigenvalue weighted by Gasteiger charge is -2.15. The number of ether oxygens (including phenoxy) is 2. The summed E-state index contributed by atoms with van der Waals surface area (Å²) in [5.41, 5.74) is 1.62. The first-order valence-corrected chi connectivity index (χ1v) is 6.55. The molecule has 1 aromatic carbocycles. The highest BCUT2D eigenvalue weighted by Crippen LogP contribution is 2.22. The van der Waals surface area contributed by atoms with E-state index in [0.29, 0.717) is 12.3 Å². The predicted octanol–water partition coefficient (Wildman–Crippen LogP) is 2.14. The van der Waals surface area contributed by atoms with E-state index >= 15 is 0 Å². The van der Waals surface area contributed by atoms with Gasteiger partial charge in [0, 0.05) is 6.07 Å². The molecule has 0 saturated carbocycles. The Morgan fingerprint density at radius 3 is 2.48 bits per heavy atom. The van der Waals surface area contributed by atoms with Gasteiger partial charge >= 0.3 is 0 Å². The zero-order chi connectivity index (χ0) is 15.2. The third-order valence-corrected chi connectivity index (χ3v) is 3.23. The third-order valence-electron chi connectivity index (χ3n) is 3.23. The van der Waals surface area contributed by atoms with E-state index in [0.717, 1.165) is 11.3 Å². The fourth-order valence-electron chi connectivity index (χ4n) is 2.05. The van der Waals surface area contributed by atoms with E-state index in [1.807, 2.05) is 19.2 Å². The van der Waals surface area contributed by atoms with Gasteiger partial charge in [0.15, 0.2) is 11.6 Å². The van der Waals surface area contributed by atoms with Crippen molar-refractivity contribution in [3.8, 4) is 11.6 Å². The van der Waals surface area contributed by atoms with E-state index in [1.165, 1.54) is 13.2 Å². The van der Waals surface area contributed by atoms with Gasteiger partial charge < -0.3 is 14.8 Å². The molecule has 6 heteroatoms. The van der Waals surface area contributed by atoms with Gasteiger partial charge in [-0.1, -0.05) is 6.07 Å². The maximum absolute atomic E-state index is 13.7. The first-order valence-electron chi connectivity index (χ1n) is 6.55. The van der Waals surface area contributed by atoms with Gasteiger partial charge in [-0.3, -0.25) is 0 Å². The topological polar surface area (TPSA) is 56.3 Å². The molecule has 5 nitrogen and oxygen atoms in total.